The molecule has 0 amide bonds. The Morgan fingerprint density at radius 3 is 2.06 bits per heavy atom. The topological polar surface area (TPSA) is 11.4 Å². The minimum Gasteiger partial charge on any atom is -0.378 e. The molecule has 0 radical (unpaired) electrons. The molecule has 0 N–H and O–H groups in total. The third-order valence-corrected chi connectivity index (χ3v) is 14.9. The number of para-hydroxylation sites is 2. The number of fused-ring (bicyclic) bond motifs is 7. The zero-order chi connectivity index (χ0) is 35.0. The van der Waals surface area contributed by atoms with Crippen molar-refractivity contribution < 1.29 is 0 Å². The SMILES string of the molecule is CN(C)c1ccc2c(c1)Sc1cccc3c1B2c1c(cccc1-n1c2ccccc2c2cc(C45CC6CC(CC(C6)C4)C5)ccc21)N3c1ccccc1. The third kappa shape index (κ3) is 4.32. The molecular weight excluding hydrogens is 661 g/mol. The zero-order valence-corrected chi connectivity index (χ0v) is 31.2. The zero-order valence-electron chi connectivity index (χ0n) is 30.4. The second-order valence-electron chi connectivity index (χ2n) is 17.0. The van der Waals surface area contributed by atoms with Crippen LogP contribution in [0.4, 0.5) is 22.7 Å². The van der Waals surface area contributed by atoms with Crippen molar-refractivity contribution in [3.8, 4) is 5.69 Å². The largest absolute Gasteiger partial charge is 0.378 e. The second kappa shape index (κ2) is 11.1. The number of hydrogen-bond acceptors (Lipinski definition) is 3. The lowest BCUT2D eigenvalue weighted by Crippen LogP contribution is -2.60. The molecule has 4 saturated carbocycles. The van der Waals surface area contributed by atoms with Gasteiger partial charge in [-0.05, 0) is 145 Å². The molecule has 4 bridgehead atoms. The quantitative estimate of drug-likeness (QED) is 0.169. The Balaban J connectivity index is 1.13. The van der Waals surface area contributed by atoms with Gasteiger partial charge in [-0.3, -0.25) is 0 Å². The van der Waals surface area contributed by atoms with Crippen molar-refractivity contribution in [2.45, 2.75) is 53.7 Å². The summed E-state index contributed by atoms with van der Waals surface area (Å²) in [4.78, 5) is 7.44. The minimum absolute atomic E-state index is 0.0994. The molecule has 6 aromatic carbocycles. The van der Waals surface area contributed by atoms with Crippen LogP contribution in [0, 0.1) is 17.8 Å². The van der Waals surface area contributed by atoms with Gasteiger partial charge in [0.1, 0.15) is 0 Å². The van der Waals surface area contributed by atoms with Crippen LogP contribution in [0.2, 0.25) is 0 Å². The molecule has 0 unspecified atom stereocenters. The van der Waals surface area contributed by atoms with Crippen LogP contribution >= 0.6 is 11.8 Å². The molecule has 53 heavy (non-hydrogen) atoms. The highest BCUT2D eigenvalue weighted by molar-refractivity contribution is 8.00. The van der Waals surface area contributed by atoms with Crippen molar-refractivity contribution >= 4 is 79.4 Å². The highest BCUT2D eigenvalue weighted by Gasteiger charge is 2.51. The number of rotatable bonds is 4. The van der Waals surface area contributed by atoms with E-state index in [0.717, 1.165) is 17.8 Å². The minimum atomic E-state index is 0.0994. The van der Waals surface area contributed by atoms with Crippen LogP contribution in [0.5, 0.6) is 0 Å². The first-order valence-electron chi connectivity index (χ1n) is 19.7. The maximum atomic E-state index is 2.63. The number of benzene rings is 6. The predicted molar refractivity (Wildman–Crippen MR) is 225 cm³/mol. The van der Waals surface area contributed by atoms with Crippen LogP contribution < -0.4 is 26.2 Å². The molecular formula is C48H42BN3S. The Morgan fingerprint density at radius 2 is 1.28 bits per heavy atom. The molecule has 0 spiro atoms. The lowest BCUT2D eigenvalue weighted by Gasteiger charge is -2.57. The van der Waals surface area contributed by atoms with Crippen LogP contribution in [0.3, 0.4) is 0 Å². The van der Waals surface area contributed by atoms with E-state index < -0.39 is 0 Å². The third-order valence-electron chi connectivity index (χ3n) is 13.8. The number of nitrogens with zero attached hydrogens (tertiary/aromatic N) is 3. The highest BCUT2D eigenvalue weighted by atomic mass is 32.2. The monoisotopic (exact) mass is 703 g/mol. The average molecular weight is 704 g/mol. The molecule has 7 aromatic rings. The van der Waals surface area contributed by atoms with E-state index in [1.54, 1.807) is 5.56 Å². The summed E-state index contributed by atoms with van der Waals surface area (Å²) < 4.78 is 2.61. The Morgan fingerprint density at radius 1 is 0.604 bits per heavy atom. The molecule has 258 valence electrons. The van der Waals surface area contributed by atoms with E-state index in [1.807, 2.05) is 11.8 Å². The van der Waals surface area contributed by atoms with E-state index in [1.165, 1.54) is 115 Å². The lowest BCUT2D eigenvalue weighted by molar-refractivity contribution is -0.00512. The Hall–Kier alpha value is -4.87. The summed E-state index contributed by atoms with van der Waals surface area (Å²) in [5.41, 5.74) is 15.0. The summed E-state index contributed by atoms with van der Waals surface area (Å²) in [5, 5.41) is 2.76. The first-order chi connectivity index (χ1) is 26.0. The van der Waals surface area contributed by atoms with Crippen LogP contribution in [-0.4, -0.2) is 25.4 Å². The van der Waals surface area contributed by atoms with Crippen LogP contribution in [0.15, 0.2) is 137 Å². The molecule has 4 fully saturated rings. The molecule has 0 saturated heterocycles. The molecule has 13 rings (SSSR count). The van der Waals surface area contributed by atoms with Gasteiger partial charge in [0.25, 0.3) is 6.71 Å². The van der Waals surface area contributed by atoms with Crippen molar-refractivity contribution in [3.63, 3.8) is 0 Å². The molecule has 5 heteroatoms. The van der Waals surface area contributed by atoms with E-state index in [-0.39, 0.29) is 6.71 Å². The fraction of sp³-hybridized carbons (Fsp3) is 0.250. The van der Waals surface area contributed by atoms with Crippen molar-refractivity contribution in [1.82, 2.24) is 4.57 Å². The van der Waals surface area contributed by atoms with Gasteiger partial charge in [-0.1, -0.05) is 77.9 Å². The van der Waals surface area contributed by atoms with Gasteiger partial charge in [0.05, 0.1) is 11.0 Å². The van der Waals surface area contributed by atoms with Gasteiger partial charge in [-0.25, -0.2) is 0 Å². The molecule has 4 aliphatic carbocycles. The van der Waals surface area contributed by atoms with Crippen molar-refractivity contribution in [1.29, 1.82) is 0 Å². The standard InChI is InChI=1S/C48H42BN3S/c1-50(2)35-19-20-38-45(26-35)53-44-17-9-16-43-47(44)49(38)46-41(51(43)34-10-4-3-5-11-34)14-8-15-42(46)52-39-13-7-6-12-36(39)37-25-33(18-21-40(37)52)48-27-30-22-31(28-48)24-32(23-30)29-48/h3-21,25-26,30-32H,22-24,27-29H2,1-2H3. The average Bonchev–Trinajstić information content (AvgIpc) is 3.51. The summed E-state index contributed by atoms with van der Waals surface area (Å²) in [6.45, 7) is 0.0994. The number of anilines is 4. The van der Waals surface area contributed by atoms with E-state index in [9.17, 15) is 0 Å². The summed E-state index contributed by atoms with van der Waals surface area (Å²) in [7, 11) is 4.29. The Bertz CT molecular complexity index is 2600. The molecule has 3 nitrogen and oxygen atoms in total. The van der Waals surface area contributed by atoms with Gasteiger partial charge >= 0.3 is 0 Å². The summed E-state index contributed by atoms with van der Waals surface area (Å²) in [6.07, 6.45) is 8.60. The Labute approximate surface area is 316 Å². The smallest absolute Gasteiger partial charge is 0.252 e. The van der Waals surface area contributed by atoms with Crippen molar-refractivity contribution in [2.24, 2.45) is 17.8 Å². The fourth-order valence-electron chi connectivity index (χ4n) is 12.0. The lowest BCUT2D eigenvalue weighted by atomic mass is 9.34. The van der Waals surface area contributed by atoms with Gasteiger partial charge in [0.2, 0.25) is 0 Å². The first kappa shape index (κ1) is 30.6. The number of hydrogen-bond donors (Lipinski definition) is 0. The maximum absolute atomic E-state index is 2.63. The Kier molecular flexibility index (Phi) is 6.40. The summed E-state index contributed by atoms with van der Waals surface area (Å²) in [6, 6.07) is 48.9. The van der Waals surface area contributed by atoms with Gasteiger partial charge in [0.15, 0.2) is 0 Å². The normalized spacial score (nSPS) is 23.3. The highest BCUT2D eigenvalue weighted by Crippen LogP contribution is 2.61. The van der Waals surface area contributed by atoms with Gasteiger partial charge < -0.3 is 14.4 Å². The molecule has 3 heterocycles. The van der Waals surface area contributed by atoms with Crippen molar-refractivity contribution in [2.75, 3.05) is 23.9 Å². The second-order valence-corrected chi connectivity index (χ2v) is 18.1. The van der Waals surface area contributed by atoms with Crippen molar-refractivity contribution in [3.05, 3.63) is 133 Å². The first-order valence-corrected chi connectivity index (χ1v) is 20.5. The summed E-state index contributed by atoms with van der Waals surface area (Å²) >= 11 is 1.93. The predicted octanol–water partition coefficient (Wildman–Crippen LogP) is 10.1. The number of aromatic nitrogens is 1. The van der Waals surface area contributed by atoms with E-state index >= 15 is 0 Å². The van der Waals surface area contributed by atoms with E-state index in [2.05, 4.69) is 156 Å². The molecule has 2 aliphatic heterocycles. The fourth-order valence-corrected chi connectivity index (χ4v) is 13.2. The van der Waals surface area contributed by atoms with Gasteiger partial charge in [-0.2, -0.15) is 0 Å². The van der Waals surface area contributed by atoms with Crippen LogP contribution in [-0.2, 0) is 5.41 Å². The molecule has 6 aliphatic rings. The maximum Gasteiger partial charge on any atom is 0.252 e. The van der Waals surface area contributed by atoms with Gasteiger partial charge in [0, 0.05) is 63.1 Å². The molecule has 1 aromatic heterocycles. The van der Waals surface area contributed by atoms with Gasteiger partial charge in [-0.15, -0.1) is 0 Å². The van der Waals surface area contributed by atoms with Crippen LogP contribution in [0.1, 0.15) is 44.1 Å². The van der Waals surface area contributed by atoms with E-state index in [4.69, 9.17) is 0 Å². The summed E-state index contributed by atoms with van der Waals surface area (Å²) in [5.74, 6) is 2.79. The molecule has 0 atom stereocenters. The van der Waals surface area contributed by atoms with E-state index in [0.29, 0.717) is 5.41 Å². The van der Waals surface area contributed by atoms with Crippen LogP contribution in [0.25, 0.3) is 27.5 Å².